The van der Waals surface area contributed by atoms with Crippen molar-refractivity contribution < 1.29 is 9.90 Å². The molecule has 2 heterocycles. The monoisotopic (exact) mass is 290 g/mol. The summed E-state index contributed by atoms with van der Waals surface area (Å²) in [5.41, 5.74) is 1.97. The van der Waals surface area contributed by atoms with Crippen LogP contribution in [0.15, 0.2) is 0 Å². The Morgan fingerprint density at radius 3 is 2.80 bits per heavy atom. The number of hydrogen-bond donors (Lipinski definition) is 1. The molecule has 1 saturated carbocycles. The molecule has 0 radical (unpaired) electrons. The van der Waals surface area contributed by atoms with E-state index in [4.69, 9.17) is 0 Å². The van der Waals surface area contributed by atoms with Crippen LogP contribution in [0.3, 0.4) is 0 Å². The first-order valence-corrected chi connectivity index (χ1v) is 7.73. The lowest BCUT2D eigenvalue weighted by molar-refractivity contribution is 0.0689. The summed E-state index contributed by atoms with van der Waals surface area (Å²) in [6.07, 6.45) is 6.51. The molecule has 2 aliphatic rings. The Labute approximate surface area is 119 Å². The minimum absolute atomic E-state index is 0.0840. The van der Waals surface area contributed by atoms with Crippen molar-refractivity contribution in [2.75, 3.05) is 0 Å². The molecule has 4 rings (SSSR count). The normalized spacial score (nSPS) is 18.0. The predicted octanol–water partition coefficient (Wildman–Crippen LogP) is 2.18. The lowest BCUT2D eigenvalue weighted by Crippen LogP contribution is -2.06. The molecule has 0 saturated heterocycles. The molecule has 1 fully saturated rings. The maximum Gasteiger partial charge on any atom is 0.358 e. The number of thiazole rings is 1. The van der Waals surface area contributed by atoms with Gasteiger partial charge in [0.25, 0.3) is 0 Å². The first-order chi connectivity index (χ1) is 9.74. The summed E-state index contributed by atoms with van der Waals surface area (Å²) in [5.74, 6) is -0.725. The van der Waals surface area contributed by atoms with Crippen molar-refractivity contribution in [3.8, 4) is 5.13 Å². The summed E-state index contributed by atoms with van der Waals surface area (Å²) in [4.78, 5) is 17.2. The topological polar surface area (TPSA) is 80.9 Å². The number of aryl methyl sites for hydroxylation is 2. The Kier molecular flexibility index (Phi) is 2.63. The van der Waals surface area contributed by atoms with E-state index in [1.54, 1.807) is 16.0 Å². The van der Waals surface area contributed by atoms with Gasteiger partial charge in [-0.05, 0) is 38.5 Å². The summed E-state index contributed by atoms with van der Waals surface area (Å²) >= 11 is 1.63. The van der Waals surface area contributed by atoms with E-state index in [1.165, 1.54) is 17.7 Å². The predicted molar refractivity (Wildman–Crippen MR) is 72.6 cm³/mol. The van der Waals surface area contributed by atoms with Crippen molar-refractivity contribution in [3.63, 3.8) is 0 Å². The largest absolute Gasteiger partial charge is 0.476 e. The van der Waals surface area contributed by atoms with Crippen LogP contribution in [0.2, 0.25) is 0 Å². The number of carbonyl (C=O) groups is 1. The summed E-state index contributed by atoms with van der Waals surface area (Å²) in [5, 5.41) is 17.9. The molecule has 0 unspecified atom stereocenters. The maximum absolute atomic E-state index is 11.3. The first-order valence-electron chi connectivity index (χ1n) is 6.92. The summed E-state index contributed by atoms with van der Waals surface area (Å²) in [6, 6.07) is 0. The standard InChI is InChI=1S/C13H14N4O2S/c18-12(19)10-11(7-5-6-7)17(16-15-10)13-14-8-3-1-2-4-9(8)20-13/h7H,1-6H2,(H,18,19). The maximum atomic E-state index is 11.3. The van der Waals surface area contributed by atoms with Gasteiger partial charge in [0, 0.05) is 10.8 Å². The minimum Gasteiger partial charge on any atom is -0.476 e. The van der Waals surface area contributed by atoms with Gasteiger partial charge in [-0.15, -0.1) is 5.10 Å². The van der Waals surface area contributed by atoms with Gasteiger partial charge in [0.15, 0.2) is 5.69 Å². The van der Waals surface area contributed by atoms with Gasteiger partial charge >= 0.3 is 5.97 Å². The van der Waals surface area contributed by atoms with Crippen molar-refractivity contribution in [2.45, 2.75) is 44.4 Å². The molecule has 0 spiro atoms. The van der Waals surface area contributed by atoms with E-state index in [2.05, 4.69) is 15.3 Å². The van der Waals surface area contributed by atoms with Crippen LogP contribution in [-0.4, -0.2) is 31.1 Å². The van der Waals surface area contributed by atoms with Gasteiger partial charge in [-0.2, -0.15) is 4.68 Å². The fourth-order valence-electron chi connectivity index (χ4n) is 2.73. The molecule has 7 heteroatoms. The number of rotatable bonds is 3. The molecule has 2 aromatic rings. The van der Waals surface area contributed by atoms with Crippen LogP contribution < -0.4 is 0 Å². The van der Waals surface area contributed by atoms with Crippen molar-refractivity contribution in [2.24, 2.45) is 0 Å². The van der Waals surface area contributed by atoms with Crippen molar-refractivity contribution in [1.29, 1.82) is 0 Å². The van der Waals surface area contributed by atoms with Crippen LogP contribution in [0.1, 0.15) is 58.4 Å². The lowest BCUT2D eigenvalue weighted by atomic mass is 10.0. The van der Waals surface area contributed by atoms with E-state index in [0.29, 0.717) is 0 Å². The highest BCUT2D eigenvalue weighted by Gasteiger charge is 2.35. The molecule has 6 nitrogen and oxygen atoms in total. The molecule has 0 atom stereocenters. The quantitative estimate of drug-likeness (QED) is 0.937. The Bertz CT molecular complexity index is 663. The van der Waals surface area contributed by atoms with Crippen LogP contribution in [0.5, 0.6) is 0 Å². The number of carboxylic acid groups (broad SMARTS) is 1. The van der Waals surface area contributed by atoms with Crippen molar-refractivity contribution in [1.82, 2.24) is 20.0 Å². The third-order valence-corrected chi connectivity index (χ3v) is 5.02. The molecule has 0 aromatic carbocycles. The van der Waals surface area contributed by atoms with Gasteiger partial charge in [0.1, 0.15) is 0 Å². The van der Waals surface area contributed by atoms with Gasteiger partial charge in [-0.25, -0.2) is 9.78 Å². The van der Waals surface area contributed by atoms with E-state index in [0.717, 1.165) is 42.2 Å². The average Bonchev–Trinajstić information content (AvgIpc) is 3.04. The number of carboxylic acids is 1. The van der Waals surface area contributed by atoms with Crippen LogP contribution in [0.25, 0.3) is 5.13 Å². The minimum atomic E-state index is -1.00. The fraction of sp³-hybridized carbons (Fsp3) is 0.538. The number of hydrogen-bond acceptors (Lipinski definition) is 5. The van der Waals surface area contributed by atoms with Crippen LogP contribution in [-0.2, 0) is 12.8 Å². The highest BCUT2D eigenvalue weighted by Crippen LogP contribution is 2.42. The number of aromatic nitrogens is 4. The van der Waals surface area contributed by atoms with E-state index in [9.17, 15) is 9.90 Å². The van der Waals surface area contributed by atoms with Crippen LogP contribution >= 0.6 is 11.3 Å². The van der Waals surface area contributed by atoms with Crippen LogP contribution in [0, 0.1) is 0 Å². The lowest BCUT2D eigenvalue weighted by Gasteiger charge is -2.06. The van der Waals surface area contributed by atoms with Crippen LogP contribution in [0.4, 0.5) is 0 Å². The van der Waals surface area contributed by atoms with Gasteiger partial charge < -0.3 is 5.11 Å². The molecule has 0 bridgehead atoms. The second-order valence-electron chi connectivity index (χ2n) is 5.39. The van der Waals surface area contributed by atoms with Gasteiger partial charge in [-0.1, -0.05) is 16.6 Å². The summed E-state index contributed by atoms with van der Waals surface area (Å²) < 4.78 is 1.66. The van der Waals surface area contributed by atoms with Gasteiger partial charge in [0.05, 0.1) is 11.4 Å². The van der Waals surface area contributed by atoms with E-state index in [1.807, 2.05) is 0 Å². The molecule has 2 aromatic heterocycles. The third-order valence-electron chi connectivity index (χ3n) is 3.89. The Morgan fingerprint density at radius 1 is 1.30 bits per heavy atom. The third kappa shape index (κ3) is 1.84. The molecular formula is C13H14N4O2S. The second-order valence-corrected chi connectivity index (χ2v) is 6.45. The van der Waals surface area contributed by atoms with E-state index < -0.39 is 5.97 Å². The smallest absolute Gasteiger partial charge is 0.358 e. The molecule has 20 heavy (non-hydrogen) atoms. The molecule has 1 N–H and O–H groups in total. The number of aromatic carboxylic acids is 1. The van der Waals surface area contributed by atoms with Crippen molar-refractivity contribution in [3.05, 3.63) is 22.0 Å². The summed E-state index contributed by atoms with van der Waals surface area (Å²) in [6.45, 7) is 0. The van der Waals surface area contributed by atoms with E-state index >= 15 is 0 Å². The molecule has 0 aliphatic heterocycles. The number of fused-ring (bicyclic) bond motifs is 1. The molecule has 0 amide bonds. The Balaban J connectivity index is 1.81. The molecule has 104 valence electrons. The second kappa shape index (κ2) is 4.37. The highest BCUT2D eigenvalue weighted by molar-refractivity contribution is 7.14. The zero-order valence-corrected chi connectivity index (χ0v) is 11.7. The van der Waals surface area contributed by atoms with Gasteiger partial charge in [0.2, 0.25) is 5.13 Å². The zero-order chi connectivity index (χ0) is 13.7. The Hall–Kier alpha value is -1.76. The SMILES string of the molecule is O=C(O)c1nnn(-c2nc3c(s2)CCCC3)c1C1CC1. The average molecular weight is 290 g/mol. The zero-order valence-electron chi connectivity index (χ0n) is 10.9. The molecule has 2 aliphatic carbocycles. The first kappa shape index (κ1) is 12.0. The molecular weight excluding hydrogens is 276 g/mol. The fourth-order valence-corrected chi connectivity index (χ4v) is 3.84. The summed E-state index contributed by atoms with van der Waals surface area (Å²) in [7, 11) is 0. The number of nitrogens with zero attached hydrogens (tertiary/aromatic N) is 4. The van der Waals surface area contributed by atoms with Gasteiger partial charge in [-0.3, -0.25) is 0 Å². The van der Waals surface area contributed by atoms with Crippen molar-refractivity contribution >= 4 is 17.3 Å². The highest BCUT2D eigenvalue weighted by atomic mass is 32.1. The van der Waals surface area contributed by atoms with E-state index in [-0.39, 0.29) is 11.6 Å². The Morgan fingerprint density at radius 2 is 2.10 bits per heavy atom.